The van der Waals surface area contributed by atoms with Gasteiger partial charge in [0, 0.05) is 13.0 Å². The van der Waals surface area contributed by atoms with Crippen molar-refractivity contribution in [1.29, 1.82) is 0 Å². The third-order valence-corrected chi connectivity index (χ3v) is 10.4. The molecule has 0 aromatic carbocycles. The van der Waals surface area contributed by atoms with Crippen molar-refractivity contribution in [3.8, 4) is 0 Å². The molecule has 2 aliphatic heterocycles. The van der Waals surface area contributed by atoms with Crippen molar-refractivity contribution in [2.24, 2.45) is 17.4 Å². The van der Waals surface area contributed by atoms with Crippen LogP contribution in [0.1, 0.15) is 83.4 Å². The number of nitrogens with zero attached hydrogens (tertiary/aromatic N) is 4. The van der Waals surface area contributed by atoms with Crippen molar-refractivity contribution in [3.05, 3.63) is 11.9 Å². The lowest BCUT2D eigenvalue weighted by Gasteiger charge is -2.37. The van der Waals surface area contributed by atoms with Gasteiger partial charge in [-0.2, -0.15) is 0 Å². The Bertz CT molecular complexity index is 1270. The van der Waals surface area contributed by atoms with E-state index < -0.39 is 74.1 Å². The molecule has 0 radical (unpaired) electrons. The highest BCUT2D eigenvalue weighted by Crippen LogP contribution is 2.34. The summed E-state index contributed by atoms with van der Waals surface area (Å²) in [7, 11) is -3.45. The summed E-state index contributed by atoms with van der Waals surface area (Å²) < 4.78 is 25.7. The maximum atomic E-state index is 13.8. The summed E-state index contributed by atoms with van der Waals surface area (Å²) in [5.41, 5.74) is 8.98. The maximum Gasteiger partial charge on any atom is 0.287 e. The van der Waals surface area contributed by atoms with Gasteiger partial charge < -0.3 is 26.8 Å². The van der Waals surface area contributed by atoms with Crippen molar-refractivity contribution in [1.82, 2.24) is 25.2 Å². The average Bonchev–Trinajstić information content (AvgIpc) is 3.57. The van der Waals surface area contributed by atoms with Gasteiger partial charge in [-0.1, -0.05) is 37.3 Å². The molecule has 4 rings (SSSR count). The predicted molar refractivity (Wildman–Crippen MR) is 147 cm³/mol. The molecule has 1 aromatic heterocycles. The maximum absolute atomic E-state index is 13.8. The molecule has 2 saturated heterocycles. The fraction of sp³-hybridized carbons (Fsp3) is 0.769. The minimum Gasteiger partial charge on any atom is -0.384 e. The number of nitrogens with one attached hydrogen (secondary N) is 1. The quantitative estimate of drug-likeness (QED) is 0.257. The van der Waals surface area contributed by atoms with Gasteiger partial charge in [0.25, 0.3) is 5.91 Å². The number of carbonyl (C=O) groups excluding carboxylic acids is 4. The largest absolute Gasteiger partial charge is 0.384 e. The van der Waals surface area contributed by atoms with Crippen LogP contribution in [0, 0.1) is 5.92 Å². The number of hydrogen-bond donors (Lipinski definition) is 4. The Labute approximate surface area is 239 Å². The van der Waals surface area contributed by atoms with Crippen molar-refractivity contribution in [3.63, 3.8) is 0 Å². The summed E-state index contributed by atoms with van der Waals surface area (Å²) in [6.07, 6.45) is 6.65. The second-order valence-corrected chi connectivity index (χ2v) is 14.6. The molecule has 1 saturated carbocycles. The van der Waals surface area contributed by atoms with Gasteiger partial charge in [-0.3, -0.25) is 19.2 Å². The second kappa shape index (κ2) is 11.8. The molecule has 41 heavy (non-hydrogen) atoms. The van der Waals surface area contributed by atoms with E-state index in [4.69, 9.17) is 11.5 Å². The zero-order valence-electron chi connectivity index (χ0n) is 23.6. The van der Waals surface area contributed by atoms with Crippen LogP contribution < -0.4 is 16.8 Å². The highest BCUT2D eigenvalue weighted by Gasteiger charge is 2.50. The Kier molecular flexibility index (Phi) is 8.90. The molecule has 1 unspecified atom stereocenters. The van der Waals surface area contributed by atoms with Crippen molar-refractivity contribution in [2.75, 3.05) is 18.1 Å². The van der Waals surface area contributed by atoms with Gasteiger partial charge in [0.05, 0.1) is 35.5 Å². The minimum atomic E-state index is -3.45. The van der Waals surface area contributed by atoms with E-state index in [1.54, 1.807) is 13.8 Å². The van der Waals surface area contributed by atoms with Gasteiger partial charge in [-0.25, -0.2) is 13.1 Å². The molecule has 3 amide bonds. The molecule has 3 heterocycles. The number of amides is 3. The number of rotatable bonds is 9. The van der Waals surface area contributed by atoms with E-state index in [1.165, 1.54) is 15.8 Å². The Hall–Kier alpha value is -2.91. The van der Waals surface area contributed by atoms with Crippen LogP contribution in [-0.4, -0.2) is 92.6 Å². The fourth-order valence-corrected chi connectivity index (χ4v) is 7.90. The first-order valence-corrected chi connectivity index (χ1v) is 16.0. The van der Waals surface area contributed by atoms with E-state index in [0.717, 1.165) is 32.1 Å². The van der Waals surface area contributed by atoms with E-state index in [0.29, 0.717) is 18.0 Å². The first-order valence-electron chi connectivity index (χ1n) is 14.2. The summed E-state index contributed by atoms with van der Waals surface area (Å²) >= 11 is 0. The zero-order chi connectivity index (χ0) is 30.2. The normalized spacial score (nSPS) is 25.4. The van der Waals surface area contributed by atoms with Crippen LogP contribution in [0.2, 0.25) is 0 Å². The summed E-state index contributed by atoms with van der Waals surface area (Å²) in [6, 6.07) is -2.49. The Balaban J connectivity index is 1.62. The number of hydrogen-bond acceptors (Lipinski definition) is 10. The molecule has 0 spiro atoms. The van der Waals surface area contributed by atoms with E-state index in [-0.39, 0.29) is 25.8 Å². The van der Waals surface area contributed by atoms with Gasteiger partial charge in [0.15, 0.2) is 9.84 Å². The lowest BCUT2D eigenvalue weighted by Crippen LogP contribution is -2.64. The number of primary amides is 1. The highest BCUT2D eigenvalue weighted by atomic mass is 32.2. The third-order valence-electron chi connectivity index (χ3n) is 8.74. The molecular weight excluding hydrogens is 554 g/mol. The first kappa shape index (κ1) is 31.0. The van der Waals surface area contributed by atoms with E-state index in [1.807, 2.05) is 0 Å². The number of nitrogens with two attached hydrogens (primary N) is 2. The van der Waals surface area contributed by atoms with Crippen LogP contribution in [0.25, 0.3) is 0 Å². The number of sulfone groups is 1. The van der Waals surface area contributed by atoms with Crippen LogP contribution in [0.3, 0.4) is 0 Å². The van der Waals surface area contributed by atoms with Gasteiger partial charge >= 0.3 is 0 Å². The predicted octanol–water partition coefficient (Wildman–Crippen LogP) is -0.937. The first-order chi connectivity index (χ1) is 19.1. The van der Waals surface area contributed by atoms with Gasteiger partial charge in [0.1, 0.15) is 17.2 Å². The summed E-state index contributed by atoms with van der Waals surface area (Å²) in [5.74, 6) is -4.00. The van der Waals surface area contributed by atoms with Crippen molar-refractivity contribution < 1.29 is 32.7 Å². The lowest BCUT2D eigenvalue weighted by molar-refractivity contribution is -0.145. The molecule has 15 heteroatoms. The van der Waals surface area contributed by atoms with Crippen molar-refractivity contribution >= 4 is 33.3 Å². The molecule has 228 valence electrons. The number of ketones is 1. The van der Waals surface area contributed by atoms with E-state index in [2.05, 4.69) is 15.6 Å². The fourth-order valence-electron chi connectivity index (χ4n) is 6.38. The topological polar surface area (TPSA) is 221 Å². The SMILES string of the molecule is CC(C)(O)c1cnnn1[C@H]1C[C@@H](C(=O)NC2(C(=O)C(N)=O)CCS(=O)(=O)CC2)N(C(=O)C(N)CC2CCCCC2)C1. The second-order valence-electron chi connectivity index (χ2n) is 12.3. The number of likely N-dealkylation sites (tertiary alicyclic amines) is 1. The van der Waals surface area contributed by atoms with Crippen molar-refractivity contribution in [2.45, 2.75) is 101 Å². The summed E-state index contributed by atoms with van der Waals surface area (Å²) in [5, 5.41) is 21.3. The molecule has 1 aromatic rings. The minimum absolute atomic E-state index is 0.0485. The standard InChI is InChI=1S/C26H41N7O7S/c1-25(2,38)20-14-29-31-33(20)17-13-19(32(15-17)24(37)18(27)12-16-6-4-3-5-7-16)23(36)30-26(21(34)22(28)35)8-10-41(39,40)11-9-26/h14,16-19,38H,3-13,15,27H2,1-2H3,(H2,28,35)(H,30,36)/t17-,18?,19-/m0/s1. The smallest absolute Gasteiger partial charge is 0.287 e. The molecule has 1 aliphatic carbocycles. The Morgan fingerprint density at radius 3 is 2.39 bits per heavy atom. The zero-order valence-corrected chi connectivity index (χ0v) is 24.4. The van der Waals surface area contributed by atoms with Crippen LogP contribution in [-0.2, 0) is 34.6 Å². The monoisotopic (exact) mass is 595 g/mol. The molecular formula is C26H41N7O7S. The Morgan fingerprint density at radius 1 is 1.17 bits per heavy atom. The molecule has 0 bridgehead atoms. The Morgan fingerprint density at radius 2 is 1.80 bits per heavy atom. The van der Waals surface area contributed by atoms with Gasteiger partial charge in [-0.05, 0) is 39.0 Å². The lowest BCUT2D eigenvalue weighted by atomic mass is 9.84. The summed E-state index contributed by atoms with van der Waals surface area (Å²) in [4.78, 5) is 53.7. The molecule has 3 aliphatic rings. The van der Waals surface area contributed by atoms with Gasteiger partial charge in [-0.15, -0.1) is 5.10 Å². The highest BCUT2D eigenvalue weighted by molar-refractivity contribution is 7.91. The molecule has 14 nitrogen and oxygen atoms in total. The van der Waals surface area contributed by atoms with Gasteiger partial charge in [0.2, 0.25) is 17.6 Å². The van der Waals surface area contributed by atoms with Crippen LogP contribution in [0.5, 0.6) is 0 Å². The summed E-state index contributed by atoms with van der Waals surface area (Å²) in [6.45, 7) is 3.19. The van der Waals surface area contributed by atoms with E-state index >= 15 is 0 Å². The number of Topliss-reactive ketones (excluding diaryl/α,β-unsaturated/α-hetero) is 1. The molecule has 3 fully saturated rings. The molecule has 6 N–H and O–H groups in total. The number of aliphatic hydroxyl groups is 1. The molecule has 3 atom stereocenters. The van der Waals surface area contributed by atoms with Crippen LogP contribution in [0.4, 0.5) is 0 Å². The average molecular weight is 596 g/mol. The number of carbonyl (C=O) groups is 4. The van der Waals surface area contributed by atoms with Crippen LogP contribution >= 0.6 is 0 Å². The van der Waals surface area contributed by atoms with Crippen LogP contribution in [0.15, 0.2) is 6.20 Å². The van der Waals surface area contributed by atoms with E-state index in [9.17, 15) is 32.7 Å². The number of aromatic nitrogens is 3. The third kappa shape index (κ3) is 6.78.